The molecule has 17 heterocycles. The topological polar surface area (TPSA) is 337 Å². The molecule has 1 aliphatic carbocycles. The van der Waals surface area contributed by atoms with E-state index in [2.05, 4.69) is 85.1 Å². The van der Waals surface area contributed by atoms with Gasteiger partial charge in [0.2, 0.25) is 10.0 Å². The van der Waals surface area contributed by atoms with Crippen molar-refractivity contribution in [2.45, 2.75) is 84.8 Å². The molecule has 0 radical (unpaired) electrons. The fraction of sp³-hybridized carbons (Fsp3) is 0.366. The second-order valence-electron chi connectivity index (χ2n) is 27.5. The number of imidazole rings is 3. The monoisotopic (exact) mass is 1560 g/mol. The summed E-state index contributed by atoms with van der Waals surface area (Å²) in [6.07, 6.45) is 37.1. The highest BCUT2D eigenvalue weighted by Crippen LogP contribution is 2.41. The first-order valence-corrected chi connectivity index (χ1v) is 42.4. The van der Waals surface area contributed by atoms with Crippen molar-refractivity contribution >= 4 is 130 Å². The third kappa shape index (κ3) is 15.0. The van der Waals surface area contributed by atoms with Crippen molar-refractivity contribution < 1.29 is 25.3 Å². The Bertz CT molecular complexity index is 5830. The van der Waals surface area contributed by atoms with E-state index in [0.717, 1.165) is 179 Å². The van der Waals surface area contributed by atoms with Crippen molar-refractivity contribution in [1.82, 2.24) is 102 Å². The third-order valence-corrected chi connectivity index (χ3v) is 30.0. The molecule has 30 nitrogen and oxygen atoms in total. The van der Waals surface area contributed by atoms with Gasteiger partial charge in [0.05, 0.1) is 86.3 Å². The normalized spacial score (nSPS) is 16.8. The number of anilines is 6. The second kappa shape index (κ2) is 29.8. The van der Waals surface area contributed by atoms with Gasteiger partial charge in [0, 0.05) is 127 Å². The number of thiophene rings is 3. The van der Waals surface area contributed by atoms with Crippen LogP contribution in [-0.2, 0) is 51.2 Å². The van der Waals surface area contributed by atoms with Gasteiger partial charge in [-0.15, -0.1) is 34.0 Å². The highest BCUT2D eigenvalue weighted by molar-refractivity contribution is 7.92. The maximum atomic E-state index is 13.2. The predicted molar refractivity (Wildman–Crippen MR) is 418 cm³/mol. The minimum absolute atomic E-state index is 0.330. The van der Waals surface area contributed by atoms with Crippen LogP contribution in [0.2, 0.25) is 0 Å². The molecule has 0 bridgehead atoms. The number of nitrogens with one attached hydrogen (secondary N) is 7. The number of fused-ring (bicyclic) bond motifs is 3. The van der Waals surface area contributed by atoms with Gasteiger partial charge in [-0.05, 0) is 149 Å². The maximum absolute atomic E-state index is 13.2. The number of aromatic nitrogens is 15. The van der Waals surface area contributed by atoms with E-state index in [1.54, 1.807) is 18.4 Å². The molecule has 0 unspecified atom stereocenters. The molecule has 12 aromatic rings. The molecule has 5 aliphatic heterocycles. The SMILES string of the molecule is Cc1cc(Nc2nc(C3=CCCNC3)cn3c(-c4cnn(C)c4)cnc23)sc1S(=O)(=O)N1CCC1.Cc1cc(Nc2nc(C3=CCCNC3)cn3c(-c4cnn(C)c4)cnc23)sc1S(=O)(=O)N1CCCC1.Cc1cc(Nc2nc(C3=CCCNC3)cn3c(-c4cnn(C)c4)cnc23)sc1S(=O)(=O)NCC1CC1. The van der Waals surface area contributed by atoms with Crippen LogP contribution in [0.5, 0.6) is 0 Å². The van der Waals surface area contributed by atoms with E-state index in [-0.39, 0.29) is 0 Å². The van der Waals surface area contributed by atoms with Crippen LogP contribution in [0.15, 0.2) is 123 Å². The Morgan fingerprint density at radius 1 is 0.458 bits per heavy atom. The minimum atomic E-state index is -3.55. The van der Waals surface area contributed by atoms with Crippen molar-refractivity contribution in [3.63, 3.8) is 0 Å². The van der Waals surface area contributed by atoms with Gasteiger partial charge in [-0.2, -0.15) is 23.9 Å². The van der Waals surface area contributed by atoms with E-state index >= 15 is 0 Å². The zero-order chi connectivity index (χ0) is 73.9. The molecule has 0 spiro atoms. The van der Waals surface area contributed by atoms with E-state index in [1.165, 1.54) is 38.3 Å². The maximum Gasteiger partial charge on any atom is 0.252 e. The van der Waals surface area contributed by atoms with E-state index in [1.807, 2.05) is 148 Å². The number of hydrogen-bond donors (Lipinski definition) is 7. The van der Waals surface area contributed by atoms with Crippen molar-refractivity contribution in [2.24, 2.45) is 27.1 Å². The predicted octanol–water partition coefficient (Wildman–Crippen LogP) is 9.73. The molecular weight excluding hydrogens is 1480 g/mol. The van der Waals surface area contributed by atoms with Crippen LogP contribution in [-0.4, -0.2) is 178 Å². The summed E-state index contributed by atoms with van der Waals surface area (Å²) in [4.78, 5) is 28.8. The van der Waals surface area contributed by atoms with Crippen molar-refractivity contribution in [2.75, 3.05) is 87.9 Å². The summed E-state index contributed by atoms with van der Waals surface area (Å²) in [7, 11) is -4.85. The van der Waals surface area contributed by atoms with E-state index in [0.29, 0.717) is 96.2 Å². The standard InChI is InChI=1S/2C24H28N8O2S2.C23H26N8O2S2/c1-16-10-21(35-24(16)36(33,34)31-8-3-4-9-31)29-22-23-26-13-20(18-12-27-30(2)14-18)32(23)15-19(28-22)17-6-5-7-25-11-17;1-15-8-21(35-24(15)36(33,34)28-9-16-5-6-16)30-22-23-26-12-20(18-11-27-31(2)13-18)32(23)14-19(29-22)17-4-3-7-25-10-17;1-15-9-20(34-23(15)35(32,33)30-7-4-8-30)28-21-22-25-12-19(17-11-26-29(2)13-17)31(22)14-18(27-21)16-5-3-6-24-10-16/h6,10,12-15,25H,3-5,7-9,11H2,1-2H3,(H,28,29);4,8,11-14,16,25,28H,3,5-7,9-10H2,1-2H3,(H,29,30);5,9,11-14,24H,3-4,6-8,10H2,1-2H3,(H,27,28). The Labute approximate surface area is 631 Å². The Kier molecular flexibility index (Phi) is 20.0. The Hall–Kier alpha value is -9.18. The lowest BCUT2D eigenvalue weighted by Gasteiger charge is -2.29. The van der Waals surface area contributed by atoms with Crippen molar-refractivity contribution in [3.05, 3.63) is 145 Å². The molecule has 7 N–H and O–H groups in total. The largest absolute Gasteiger partial charge is 0.329 e. The van der Waals surface area contributed by atoms with Crippen LogP contribution in [0.25, 0.3) is 67.4 Å². The summed E-state index contributed by atoms with van der Waals surface area (Å²) >= 11 is 3.69. The molecule has 558 valence electrons. The van der Waals surface area contributed by atoms with Crippen LogP contribution >= 0.6 is 34.0 Å². The summed E-state index contributed by atoms with van der Waals surface area (Å²) in [5, 5.41) is 35.4. The van der Waals surface area contributed by atoms with Gasteiger partial charge in [0.15, 0.2) is 34.4 Å². The number of hydrogen-bond acceptors (Lipinski definition) is 24. The van der Waals surface area contributed by atoms with Crippen LogP contribution in [0.3, 0.4) is 0 Å². The zero-order valence-corrected chi connectivity index (χ0v) is 64.8. The minimum Gasteiger partial charge on any atom is -0.329 e. The molecule has 0 aromatic carbocycles. The molecule has 36 heteroatoms. The van der Waals surface area contributed by atoms with Gasteiger partial charge in [0.1, 0.15) is 12.6 Å². The van der Waals surface area contributed by atoms with Gasteiger partial charge in [-0.3, -0.25) is 27.2 Å². The quantitative estimate of drug-likeness (QED) is 0.0373. The van der Waals surface area contributed by atoms with Crippen molar-refractivity contribution in [3.8, 4) is 33.8 Å². The fourth-order valence-corrected chi connectivity index (χ4v) is 22.8. The van der Waals surface area contributed by atoms with Gasteiger partial charge in [0.25, 0.3) is 20.0 Å². The van der Waals surface area contributed by atoms with Gasteiger partial charge in [-0.25, -0.2) is 59.9 Å². The average molecular weight is 1560 g/mol. The average Bonchev–Trinajstić information content (AvgIpc) is 1.72. The molecular formula is C71H82N24O6S6. The number of rotatable bonds is 20. The van der Waals surface area contributed by atoms with Crippen molar-refractivity contribution in [1.29, 1.82) is 0 Å². The van der Waals surface area contributed by atoms with Crippen LogP contribution in [0.1, 0.15) is 85.1 Å². The molecule has 0 atom stereocenters. The number of aryl methyl sites for hydroxylation is 6. The first-order valence-electron chi connectivity index (χ1n) is 35.6. The molecule has 12 aromatic heterocycles. The zero-order valence-electron chi connectivity index (χ0n) is 59.9. The summed E-state index contributed by atoms with van der Waals surface area (Å²) in [6.45, 7) is 13.4. The Morgan fingerprint density at radius 2 is 0.804 bits per heavy atom. The Morgan fingerprint density at radius 3 is 1.11 bits per heavy atom. The van der Waals surface area contributed by atoms with Crippen LogP contribution < -0.4 is 36.6 Å². The van der Waals surface area contributed by atoms with E-state index in [9.17, 15) is 25.3 Å². The summed E-state index contributed by atoms with van der Waals surface area (Å²) in [5.74, 6) is 2.21. The molecule has 3 fully saturated rings. The van der Waals surface area contributed by atoms with Crippen LogP contribution in [0, 0.1) is 26.7 Å². The van der Waals surface area contributed by atoms with Gasteiger partial charge in [-0.1, -0.05) is 18.2 Å². The van der Waals surface area contributed by atoms with E-state index < -0.39 is 30.1 Å². The molecule has 18 rings (SSSR count). The van der Waals surface area contributed by atoms with Gasteiger partial charge >= 0.3 is 0 Å². The molecule has 107 heavy (non-hydrogen) atoms. The molecule has 0 amide bonds. The highest BCUT2D eigenvalue weighted by Gasteiger charge is 2.34. The lowest BCUT2D eigenvalue weighted by molar-refractivity contribution is 0.310. The fourth-order valence-electron chi connectivity index (χ4n) is 13.5. The molecule has 1 saturated carbocycles. The smallest absolute Gasteiger partial charge is 0.252 e. The Balaban J connectivity index is 0.000000123. The summed E-state index contributed by atoms with van der Waals surface area (Å²) in [6, 6.07) is 5.60. The van der Waals surface area contributed by atoms with Gasteiger partial charge < -0.3 is 31.9 Å². The third-order valence-electron chi connectivity index (χ3n) is 19.4. The first-order chi connectivity index (χ1) is 51.7. The molecule has 6 aliphatic rings. The molecule has 2 saturated heterocycles. The lowest BCUT2D eigenvalue weighted by atomic mass is 10.1. The first kappa shape index (κ1) is 72.0. The van der Waals surface area contributed by atoms with E-state index in [4.69, 9.17) is 15.0 Å². The number of sulfonamides is 3. The van der Waals surface area contributed by atoms with Crippen LogP contribution in [0.4, 0.5) is 32.5 Å². The number of nitrogens with zero attached hydrogens (tertiary/aromatic N) is 17. The summed E-state index contributed by atoms with van der Waals surface area (Å²) in [5.41, 5.74) is 15.6. The lowest BCUT2D eigenvalue weighted by Crippen LogP contribution is -2.41. The second-order valence-corrected chi connectivity index (χ2v) is 36.9. The summed E-state index contributed by atoms with van der Waals surface area (Å²) < 4.78 is 96.5. The highest BCUT2D eigenvalue weighted by atomic mass is 32.3.